The van der Waals surface area contributed by atoms with Crippen LogP contribution in [-0.4, -0.2) is 71.1 Å². The van der Waals surface area contributed by atoms with Gasteiger partial charge < -0.3 is 23.7 Å². The second kappa shape index (κ2) is 10.1. The van der Waals surface area contributed by atoms with E-state index in [0.29, 0.717) is 37.5 Å². The Hall–Kier alpha value is -3.66. The summed E-state index contributed by atoms with van der Waals surface area (Å²) in [5.74, 6) is -0.606. The van der Waals surface area contributed by atoms with Gasteiger partial charge in [0, 0.05) is 49.8 Å². The van der Waals surface area contributed by atoms with E-state index in [4.69, 9.17) is 14.2 Å². The zero-order valence-corrected chi connectivity index (χ0v) is 20.5. The number of esters is 1. The Morgan fingerprint density at radius 2 is 2.06 bits per heavy atom. The Bertz CT molecular complexity index is 1350. The standard InChI is InChI=1S/C26H30N4O6/c1-16-6-7-19-18(13-16)24(28-27-19)25(32)29-9-8-20-23(26(33)34-2)21(14-22(31)30(20)11-10-29)36-15-17-5-3-4-12-35-17/h6-7,13-14,17H,3-5,8-12,15H2,1-2H3,(H,27,28)/t17-/m0/s1. The van der Waals surface area contributed by atoms with E-state index in [-0.39, 0.29) is 42.0 Å². The van der Waals surface area contributed by atoms with Gasteiger partial charge in [-0.1, -0.05) is 11.6 Å². The molecule has 1 N–H and O–H groups in total. The number of nitrogens with one attached hydrogen (secondary N) is 1. The quantitative estimate of drug-likeness (QED) is 0.542. The molecule has 190 valence electrons. The lowest BCUT2D eigenvalue weighted by molar-refractivity contribution is -0.0114. The molecule has 0 unspecified atom stereocenters. The zero-order valence-electron chi connectivity index (χ0n) is 20.5. The fraction of sp³-hybridized carbons (Fsp3) is 0.462. The van der Waals surface area contributed by atoms with Crippen LogP contribution in [0.1, 0.15) is 51.4 Å². The van der Waals surface area contributed by atoms with Gasteiger partial charge in [-0.3, -0.25) is 14.7 Å². The van der Waals surface area contributed by atoms with Crippen molar-refractivity contribution in [1.82, 2.24) is 19.7 Å². The number of H-pyrrole nitrogens is 1. The number of aromatic amines is 1. The van der Waals surface area contributed by atoms with Gasteiger partial charge in [-0.25, -0.2) is 4.79 Å². The highest BCUT2D eigenvalue weighted by Crippen LogP contribution is 2.26. The summed E-state index contributed by atoms with van der Waals surface area (Å²) < 4.78 is 18.3. The van der Waals surface area contributed by atoms with E-state index in [2.05, 4.69) is 10.2 Å². The predicted octanol–water partition coefficient (Wildman–Crippen LogP) is 2.47. The number of hydrogen-bond donors (Lipinski definition) is 1. The van der Waals surface area contributed by atoms with Gasteiger partial charge in [0.15, 0.2) is 5.69 Å². The van der Waals surface area contributed by atoms with Gasteiger partial charge in [0.05, 0.1) is 18.7 Å². The van der Waals surface area contributed by atoms with Crippen LogP contribution in [0.2, 0.25) is 0 Å². The monoisotopic (exact) mass is 494 g/mol. The minimum atomic E-state index is -0.577. The maximum absolute atomic E-state index is 13.4. The number of aryl methyl sites for hydroxylation is 1. The molecule has 0 saturated carbocycles. The third-order valence-corrected chi connectivity index (χ3v) is 6.89. The van der Waals surface area contributed by atoms with E-state index in [1.54, 1.807) is 4.90 Å². The Labute approximate surface area is 208 Å². The molecule has 3 aromatic rings. The molecule has 10 heteroatoms. The number of fused-ring (bicyclic) bond motifs is 2. The summed E-state index contributed by atoms with van der Waals surface area (Å²) in [5, 5.41) is 7.94. The zero-order chi connectivity index (χ0) is 25.2. The summed E-state index contributed by atoms with van der Waals surface area (Å²) in [4.78, 5) is 41.0. The number of hydrogen-bond acceptors (Lipinski definition) is 7. The molecule has 1 fully saturated rings. The normalized spacial score (nSPS) is 17.9. The highest BCUT2D eigenvalue weighted by atomic mass is 16.5. The van der Waals surface area contributed by atoms with Crippen molar-refractivity contribution in [2.75, 3.05) is 33.4 Å². The topological polar surface area (TPSA) is 116 Å². The minimum absolute atomic E-state index is 0.0776. The number of aromatic nitrogens is 3. The molecule has 0 aliphatic carbocycles. The second-order valence-corrected chi connectivity index (χ2v) is 9.27. The maximum atomic E-state index is 13.4. The Morgan fingerprint density at radius 3 is 2.83 bits per heavy atom. The predicted molar refractivity (Wildman–Crippen MR) is 132 cm³/mol. The minimum Gasteiger partial charge on any atom is -0.490 e. The first-order valence-electron chi connectivity index (χ1n) is 12.3. The molecule has 5 rings (SSSR count). The summed E-state index contributed by atoms with van der Waals surface area (Å²) in [7, 11) is 1.30. The number of carbonyl (C=O) groups excluding carboxylic acids is 2. The van der Waals surface area contributed by atoms with Gasteiger partial charge in [-0.15, -0.1) is 0 Å². The Kier molecular flexibility index (Phi) is 6.77. The van der Waals surface area contributed by atoms with E-state index in [1.165, 1.54) is 17.7 Å². The van der Waals surface area contributed by atoms with E-state index in [9.17, 15) is 14.4 Å². The summed E-state index contributed by atoms with van der Waals surface area (Å²) in [6.07, 6.45) is 3.16. The van der Waals surface area contributed by atoms with Crippen LogP contribution in [0.15, 0.2) is 29.1 Å². The van der Waals surface area contributed by atoms with Crippen LogP contribution in [0.25, 0.3) is 10.9 Å². The molecule has 0 bridgehead atoms. The van der Waals surface area contributed by atoms with E-state index < -0.39 is 5.97 Å². The van der Waals surface area contributed by atoms with Crippen molar-refractivity contribution in [3.05, 3.63) is 57.1 Å². The first-order chi connectivity index (χ1) is 17.5. The second-order valence-electron chi connectivity index (χ2n) is 9.27. The number of rotatable bonds is 5. The molecule has 10 nitrogen and oxygen atoms in total. The van der Waals surface area contributed by atoms with Gasteiger partial charge in [0.25, 0.3) is 11.5 Å². The Balaban J connectivity index is 1.42. The van der Waals surface area contributed by atoms with Crippen molar-refractivity contribution >= 4 is 22.8 Å². The molecule has 2 aliphatic heterocycles. The number of pyridine rings is 1. The van der Waals surface area contributed by atoms with E-state index in [1.807, 2.05) is 25.1 Å². The molecule has 2 aliphatic rings. The van der Waals surface area contributed by atoms with Crippen molar-refractivity contribution in [2.45, 2.75) is 45.3 Å². The smallest absolute Gasteiger partial charge is 0.343 e. The number of amides is 1. The van der Waals surface area contributed by atoms with Crippen LogP contribution in [0, 0.1) is 6.92 Å². The first kappa shape index (κ1) is 24.1. The maximum Gasteiger partial charge on any atom is 0.343 e. The van der Waals surface area contributed by atoms with Crippen LogP contribution >= 0.6 is 0 Å². The lowest BCUT2D eigenvalue weighted by Gasteiger charge is -2.24. The highest BCUT2D eigenvalue weighted by molar-refractivity contribution is 6.04. The van der Waals surface area contributed by atoms with Crippen molar-refractivity contribution in [1.29, 1.82) is 0 Å². The number of nitrogens with zero attached hydrogens (tertiary/aromatic N) is 3. The number of benzene rings is 1. The molecular weight excluding hydrogens is 464 g/mol. The summed E-state index contributed by atoms with van der Waals surface area (Å²) >= 11 is 0. The number of ether oxygens (including phenoxy) is 3. The fourth-order valence-electron chi connectivity index (χ4n) is 4.95. The summed E-state index contributed by atoms with van der Waals surface area (Å²) in [5.41, 5.74) is 2.61. The van der Waals surface area contributed by atoms with Gasteiger partial charge in [0.1, 0.15) is 17.9 Å². The van der Waals surface area contributed by atoms with Crippen molar-refractivity contribution < 1.29 is 23.8 Å². The lowest BCUT2D eigenvalue weighted by atomic mass is 10.1. The summed E-state index contributed by atoms with van der Waals surface area (Å²) in [6.45, 7) is 3.77. The SMILES string of the molecule is COC(=O)c1c(OC[C@@H]2CCCCO2)cc(=O)n2c1CCN(C(=O)c1n[nH]c3ccc(C)cc13)CC2. The average Bonchev–Trinajstić information content (AvgIpc) is 3.17. The third kappa shape index (κ3) is 4.60. The van der Waals surface area contributed by atoms with Gasteiger partial charge in [0.2, 0.25) is 0 Å². The van der Waals surface area contributed by atoms with E-state index in [0.717, 1.165) is 35.7 Å². The molecule has 0 spiro atoms. The van der Waals surface area contributed by atoms with Crippen LogP contribution in [0.5, 0.6) is 5.75 Å². The molecule has 1 aromatic carbocycles. The molecule has 2 aromatic heterocycles. The van der Waals surface area contributed by atoms with Crippen LogP contribution in [0.4, 0.5) is 0 Å². The van der Waals surface area contributed by atoms with Crippen LogP contribution < -0.4 is 10.3 Å². The summed E-state index contributed by atoms with van der Waals surface area (Å²) in [6, 6.07) is 7.12. The van der Waals surface area contributed by atoms with E-state index >= 15 is 0 Å². The average molecular weight is 495 g/mol. The van der Waals surface area contributed by atoms with Gasteiger partial charge in [-0.05, 0) is 38.3 Å². The lowest BCUT2D eigenvalue weighted by Crippen LogP contribution is -2.34. The molecule has 0 radical (unpaired) electrons. The van der Waals surface area contributed by atoms with Crippen LogP contribution in [0.3, 0.4) is 0 Å². The number of methoxy groups -OCH3 is 1. The largest absolute Gasteiger partial charge is 0.490 e. The van der Waals surface area contributed by atoms with Crippen molar-refractivity contribution in [3.8, 4) is 5.75 Å². The molecule has 36 heavy (non-hydrogen) atoms. The third-order valence-electron chi connectivity index (χ3n) is 6.89. The number of carbonyl (C=O) groups is 2. The molecule has 4 heterocycles. The van der Waals surface area contributed by atoms with Gasteiger partial charge >= 0.3 is 5.97 Å². The van der Waals surface area contributed by atoms with Crippen LogP contribution in [-0.2, 0) is 22.4 Å². The Morgan fingerprint density at radius 1 is 1.19 bits per heavy atom. The van der Waals surface area contributed by atoms with Crippen molar-refractivity contribution in [3.63, 3.8) is 0 Å². The first-order valence-corrected chi connectivity index (χ1v) is 12.3. The molecule has 1 atom stereocenters. The van der Waals surface area contributed by atoms with Crippen molar-refractivity contribution in [2.24, 2.45) is 0 Å². The fourth-order valence-corrected chi connectivity index (χ4v) is 4.95. The highest BCUT2D eigenvalue weighted by Gasteiger charge is 2.29. The molecule has 1 amide bonds. The molecular formula is C26H30N4O6. The van der Waals surface area contributed by atoms with Gasteiger partial charge in [-0.2, -0.15) is 5.10 Å². The molecule has 1 saturated heterocycles.